The number of fused-ring (bicyclic) bond motifs is 1. The number of aryl methyl sites for hydroxylation is 2. The van der Waals surface area contributed by atoms with Gasteiger partial charge in [-0.1, -0.05) is 24.6 Å². The zero-order chi connectivity index (χ0) is 30.1. The fourth-order valence-electron chi connectivity index (χ4n) is 4.47. The first-order chi connectivity index (χ1) is 19.2. The maximum Gasteiger partial charge on any atom is 0.261 e. The average molecular weight is 606 g/mol. The summed E-state index contributed by atoms with van der Waals surface area (Å²) in [6.07, 6.45) is 2.12. The van der Waals surface area contributed by atoms with Gasteiger partial charge in [0.05, 0.1) is 36.0 Å². The number of hydrogen-bond acceptors (Lipinski definition) is 8. The first-order valence-corrected chi connectivity index (χ1v) is 15.9. The molecule has 14 heteroatoms. The van der Waals surface area contributed by atoms with Crippen molar-refractivity contribution in [1.82, 2.24) is 18.8 Å². The molecule has 1 aliphatic heterocycles. The van der Waals surface area contributed by atoms with Gasteiger partial charge in [0.15, 0.2) is 5.03 Å². The Kier molecular flexibility index (Phi) is 8.78. The van der Waals surface area contributed by atoms with Gasteiger partial charge in [0.1, 0.15) is 11.9 Å². The van der Waals surface area contributed by atoms with Crippen LogP contribution < -0.4 is 9.46 Å². The number of anilines is 1. The van der Waals surface area contributed by atoms with Crippen molar-refractivity contribution in [2.75, 3.05) is 31.5 Å². The minimum Gasteiger partial charge on any atom is -0.488 e. The fourth-order valence-corrected chi connectivity index (χ4v) is 6.66. The smallest absolute Gasteiger partial charge is 0.261 e. The number of aromatic nitrogens is 2. The van der Waals surface area contributed by atoms with Crippen molar-refractivity contribution < 1.29 is 31.5 Å². The normalized spacial score (nSPS) is 18.8. The minimum atomic E-state index is -3.94. The van der Waals surface area contributed by atoms with Gasteiger partial charge in [-0.05, 0) is 44.2 Å². The lowest BCUT2D eigenvalue weighted by Gasteiger charge is -2.38. The first kappa shape index (κ1) is 30.5. The second-order valence-electron chi connectivity index (χ2n) is 10.4. The number of hydrogen-bond donors (Lipinski definition) is 2. The Balaban J connectivity index is 1.68. The van der Waals surface area contributed by atoms with Gasteiger partial charge in [0.25, 0.3) is 26.0 Å². The van der Waals surface area contributed by atoms with E-state index in [0.717, 1.165) is 9.87 Å². The Morgan fingerprint density at radius 3 is 2.46 bits per heavy atom. The molecule has 12 nitrogen and oxygen atoms in total. The van der Waals surface area contributed by atoms with E-state index in [0.29, 0.717) is 0 Å². The Morgan fingerprint density at radius 1 is 1.17 bits per heavy atom. The molecule has 0 saturated heterocycles. The highest BCUT2D eigenvalue weighted by Crippen LogP contribution is 2.32. The number of carbonyl (C=O) groups is 1. The SMILES string of the molecule is Cc1ccc(S(=O)(=O)Nc2ccc3c(c2)C(=O)N([C@@H](C)CO)C[C@H](C)[C@H](CN(C)S(=O)(=O)c2cn(C)cn2)O3)cc1. The van der Waals surface area contributed by atoms with Crippen molar-refractivity contribution in [2.45, 2.75) is 42.8 Å². The van der Waals surface area contributed by atoms with Crippen LogP contribution in [0, 0.1) is 12.8 Å². The van der Waals surface area contributed by atoms with Crippen LogP contribution in [0.25, 0.3) is 0 Å². The number of carbonyl (C=O) groups excluding carboxylic acids is 1. The number of aliphatic hydroxyl groups excluding tert-OH is 1. The molecule has 41 heavy (non-hydrogen) atoms. The second-order valence-corrected chi connectivity index (χ2v) is 14.1. The molecule has 0 radical (unpaired) electrons. The maximum atomic E-state index is 13.7. The summed E-state index contributed by atoms with van der Waals surface area (Å²) in [5, 5.41) is 9.79. The van der Waals surface area contributed by atoms with Gasteiger partial charge in [-0.3, -0.25) is 9.52 Å². The zero-order valence-electron chi connectivity index (χ0n) is 23.6. The van der Waals surface area contributed by atoms with Crippen LogP contribution in [-0.2, 0) is 27.1 Å². The molecule has 0 fully saturated rings. The lowest BCUT2D eigenvalue weighted by Crippen LogP contribution is -2.50. The molecular formula is C27H35N5O7S2. The predicted molar refractivity (Wildman–Crippen MR) is 153 cm³/mol. The highest BCUT2D eigenvalue weighted by atomic mass is 32.2. The first-order valence-electron chi connectivity index (χ1n) is 13.0. The van der Waals surface area contributed by atoms with Gasteiger partial charge >= 0.3 is 0 Å². The molecule has 0 spiro atoms. The van der Waals surface area contributed by atoms with Crippen LogP contribution in [0.3, 0.4) is 0 Å². The molecule has 0 unspecified atom stereocenters. The third-order valence-electron chi connectivity index (χ3n) is 7.04. The lowest BCUT2D eigenvalue weighted by atomic mass is 9.99. The number of rotatable bonds is 9. The van der Waals surface area contributed by atoms with E-state index in [1.54, 1.807) is 26.1 Å². The summed E-state index contributed by atoms with van der Waals surface area (Å²) in [7, 11) is -4.75. The molecule has 2 N–H and O–H groups in total. The summed E-state index contributed by atoms with van der Waals surface area (Å²) >= 11 is 0. The van der Waals surface area contributed by atoms with Gasteiger partial charge in [0.2, 0.25) is 0 Å². The van der Waals surface area contributed by atoms with Crippen LogP contribution in [0.2, 0.25) is 0 Å². The Hall–Kier alpha value is -3.46. The number of aliphatic hydroxyl groups is 1. The van der Waals surface area contributed by atoms with Crippen molar-refractivity contribution in [3.05, 3.63) is 66.1 Å². The molecule has 2 aromatic carbocycles. The highest BCUT2D eigenvalue weighted by Gasteiger charge is 2.36. The number of benzene rings is 2. The number of ether oxygens (including phenoxy) is 1. The van der Waals surface area contributed by atoms with Crippen molar-refractivity contribution in [1.29, 1.82) is 0 Å². The molecule has 4 rings (SSSR count). The third kappa shape index (κ3) is 6.56. The van der Waals surface area contributed by atoms with Crippen LogP contribution in [-0.4, -0.2) is 85.5 Å². The predicted octanol–water partition coefficient (Wildman–Crippen LogP) is 2.07. The molecule has 0 bridgehead atoms. The average Bonchev–Trinajstić information content (AvgIpc) is 3.37. The number of sulfonamides is 2. The Labute approximate surface area is 240 Å². The number of nitrogens with one attached hydrogen (secondary N) is 1. The number of imidazole rings is 1. The monoisotopic (exact) mass is 605 g/mol. The van der Waals surface area contributed by atoms with Crippen molar-refractivity contribution >= 4 is 31.6 Å². The summed E-state index contributed by atoms with van der Waals surface area (Å²) in [5.41, 5.74) is 1.15. The fraction of sp³-hybridized carbons (Fsp3) is 0.407. The molecule has 1 aromatic heterocycles. The summed E-state index contributed by atoms with van der Waals surface area (Å²) in [4.78, 5) is 19.2. The van der Waals surface area contributed by atoms with E-state index in [4.69, 9.17) is 4.74 Å². The van der Waals surface area contributed by atoms with Crippen molar-refractivity contribution in [3.8, 4) is 5.75 Å². The van der Waals surface area contributed by atoms with Gasteiger partial charge in [-0.25, -0.2) is 21.8 Å². The maximum absolute atomic E-state index is 13.7. The topological polar surface area (TPSA) is 151 Å². The van der Waals surface area contributed by atoms with Crippen molar-refractivity contribution in [2.24, 2.45) is 13.0 Å². The second kappa shape index (κ2) is 11.8. The highest BCUT2D eigenvalue weighted by molar-refractivity contribution is 7.92. The van der Waals surface area contributed by atoms with E-state index in [2.05, 4.69) is 9.71 Å². The van der Waals surface area contributed by atoms with E-state index in [9.17, 15) is 26.7 Å². The van der Waals surface area contributed by atoms with E-state index < -0.39 is 38.1 Å². The van der Waals surface area contributed by atoms with Gasteiger partial charge in [0, 0.05) is 38.4 Å². The third-order valence-corrected chi connectivity index (χ3v) is 10.1. The molecule has 2 heterocycles. The van der Waals surface area contributed by atoms with Crippen molar-refractivity contribution in [3.63, 3.8) is 0 Å². The Morgan fingerprint density at radius 2 is 1.85 bits per heavy atom. The molecule has 0 saturated carbocycles. The van der Waals surface area contributed by atoms with E-state index in [1.165, 1.54) is 59.4 Å². The largest absolute Gasteiger partial charge is 0.488 e. The van der Waals surface area contributed by atoms with E-state index in [-0.39, 0.29) is 52.5 Å². The molecular weight excluding hydrogens is 570 g/mol. The van der Waals surface area contributed by atoms with Gasteiger partial charge in [-0.15, -0.1) is 0 Å². The molecule has 3 aromatic rings. The standard InChI is InChI=1S/C27H35N5O7S2/c1-18-6-9-22(10-7-18)40(35,36)29-21-8-11-24-23(12-21)27(34)32(20(3)16-33)13-19(2)25(39-24)14-31(5)41(37,38)26-15-30(4)17-28-26/h6-12,15,17,19-20,25,29,33H,13-14,16H2,1-5H3/t19-,20-,25-/m0/s1. The molecule has 0 aliphatic carbocycles. The zero-order valence-corrected chi connectivity index (χ0v) is 25.2. The number of amides is 1. The van der Waals surface area contributed by atoms with Crippen LogP contribution in [0.1, 0.15) is 29.8 Å². The summed E-state index contributed by atoms with van der Waals surface area (Å²) in [6.45, 7) is 5.21. The van der Waals surface area contributed by atoms with E-state index >= 15 is 0 Å². The van der Waals surface area contributed by atoms with Gasteiger partial charge < -0.3 is 19.3 Å². The quantitative estimate of drug-likeness (QED) is 0.376. The van der Waals surface area contributed by atoms with E-state index in [1.807, 2.05) is 13.8 Å². The Bertz CT molecular complexity index is 1620. The lowest BCUT2D eigenvalue weighted by molar-refractivity contribution is 0.0387. The van der Waals surface area contributed by atoms with Crippen LogP contribution >= 0.6 is 0 Å². The van der Waals surface area contributed by atoms with Gasteiger partial charge in [-0.2, -0.15) is 4.31 Å². The summed E-state index contributed by atoms with van der Waals surface area (Å²) in [5.74, 6) is -0.608. The van der Waals surface area contributed by atoms with Crippen LogP contribution in [0.15, 0.2) is 64.9 Å². The minimum absolute atomic E-state index is 0.0448. The number of likely N-dealkylation sites (N-methyl/N-ethyl adjacent to an activating group) is 1. The van der Waals surface area contributed by atoms with Crippen LogP contribution in [0.5, 0.6) is 5.75 Å². The molecule has 1 aliphatic rings. The van der Waals surface area contributed by atoms with Crippen LogP contribution in [0.4, 0.5) is 5.69 Å². The summed E-state index contributed by atoms with van der Waals surface area (Å²) in [6, 6.07) is 10.2. The molecule has 3 atom stereocenters. The summed E-state index contributed by atoms with van der Waals surface area (Å²) < 4.78 is 63.7. The molecule has 1 amide bonds. The number of nitrogens with zero attached hydrogens (tertiary/aromatic N) is 4. The molecule has 222 valence electrons.